The molecule has 9 heteroatoms. The summed E-state index contributed by atoms with van der Waals surface area (Å²) in [6.45, 7) is 6.86. The number of nitrogens with one attached hydrogen (secondary N) is 3. The highest BCUT2D eigenvalue weighted by molar-refractivity contribution is 5.96. The van der Waals surface area contributed by atoms with E-state index in [-0.39, 0.29) is 48.6 Å². The largest absolute Gasteiger partial charge is 0.369 e. The normalized spacial score (nSPS) is 20.2. The predicted octanol–water partition coefficient (Wildman–Crippen LogP) is 4.43. The van der Waals surface area contributed by atoms with Gasteiger partial charge < -0.3 is 16.0 Å². The first-order chi connectivity index (χ1) is 14.5. The predicted molar refractivity (Wildman–Crippen MR) is 136 cm³/mol. The van der Waals surface area contributed by atoms with Crippen LogP contribution in [0.25, 0.3) is 10.9 Å². The van der Waals surface area contributed by atoms with Gasteiger partial charge in [0.15, 0.2) is 0 Å². The standard InChI is InChI=1S/C23H32N6O.2ClH/c1-14(2)25-23(30)22-27-17-11-10-15(3)13-16(17)21(29-22)28-19-8-5-4-7-18(19)26-20-9-6-12-24-20;;/h10-11,13-14,18-19H,4-9,12H2,1-3H3,(H,24,26)(H,25,30)(H,27,28,29);2*1H/t18-,19+;;/m1../s1. The third kappa shape index (κ3) is 6.23. The molecule has 2 aromatic rings. The van der Waals surface area contributed by atoms with E-state index in [9.17, 15) is 4.79 Å². The molecule has 1 aromatic carbocycles. The van der Waals surface area contributed by atoms with Crippen molar-refractivity contribution in [3.8, 4) is 0 Å². The fraction of sp³-hybridized carbons (Fsp3) is 0.565. The van der Waals surface area contributed by atoms with Crippen LogP contribution in [0.2, 0.25) is 0 Å². The van der Waals surface area contributed by atoms with Gasteiger partial charge in [-0.2, -0.15) is 0 Å². The first kappa shape index (κ1) is 26.1. The number of carbonyl (C=O) groups excluding carboxylic acids is 1. The van der Waals surface area contributed by atoms with Crippen LogP contribution in [0.4, 0.5) is 5.82 Å². The lowest BCUT2D eigenvalue weighted by Gasteiger charge is -2.34. The van der Waals surface area contributed by atoms with Crippen molar-refractivity contribution in [2.45, 2.75) is 77.4 Å². The summed E-state index contributed by atoms with van der Waals surface area (Å²) in [6, 6.07) is 6.67. The smallest absolute Gasteiger partial charge is 0.289 e. The number of hydrogen-bond donors (Lipinski definition) is 3. The average molecular weight is 481 g/mol. The third-order valence-corrected chi connectivity index (χ3v) is 5.79. The van der Waals surface area contributed by atoms with Crippen LogP contribution in [-0.4, -0.2) is 46.4 Å². The van der Waals surface area contributed by atoms with Crippen molar-refractivity contribution in [3.05, 3.63) is 29.6 Å². The first-order valence-corrected chi connectivity index (χ1v) is 11.2. The summed E-state index contributed by atoms with van der Waals surface area (Å²) in [5.74, 6) is 1.84. The highest BCUT2D eigenvalue weighted by Crippen LogP contribution is 2.27. The second-order valence-corrected chi connectivity index (χ2v) is 8.76. The number of aryl methyl sites for hydroxylation is 1. The minimum atomic E-state index is -0.242. The Hall–Kier alpha value is -2.12. The van der Waals surface area contributed by atoms with Gasteiger partial charge in [-0.1, -0.05) is 24.5 Å². The number of aromatic nitrogens is 2. The molecule has 1 aromatic heterocycles. The number of nitrogens with zero attached hydrogens (tertiary/aromatic N) is 3. The molecule has 2 atom stereocenters. The minimum absolute atomic E-state index is 0. The second-order valence-electron chi connectivity index (χ2n) is 8.76. The number of amidine groups is 1. The van der Waals surface area contributed by atoms with Gasteiger partial charge in [0.05, 0.1) is 11.4 Å². The molecule has 1 aliphatic heterocycles. The number of carbonyl (C=O) groups is 1. The van der Waals surface area contributed by atoms with Crippen molar-refractivity contribution < 1.29 is 4.79 Å². The number of halogens is 2. The van der Waals surface area contributed by atoms with Crippen LogP contribution in [0.3, 0.4) is 0 Å². The molecule has 7 nitrogen and oxygen atoms in total. The first-order valence-electron chi connectivity index (χ1n) is 11.2. The zero-order valence-corrected chi connectivity index (χ0v) is 20.6. The molecule has 0 spiro atoms. The maximum Gasteiger partial charge on any atom is 0.289 e. The van der Waals surface area contributed by atoms with Gasteiger partial charge in [-0.3, -0.25) is 9.79 Å². The summed E-state index contributed by atoms with van der Waals surface area (Å²) in [5.41, 5.74) is 1.93. The van der Waals surface area contributed by atoms with Crippen molar-refractivity contribution in [2.24, 2.45) is 4.99 Å². The van der Waals surface area contributed by atoms with E-state index in [0.717, 1.165) is 60.3 Å². The highest BCUT2D eigenvalue weighted by Gasteiger charge is 2.28. The van der Waals surface area contributed by atoms with Crippen molar-refractivity contribution in [2.75, 3.05) is 11.9 Å². The number of rotatable bonds is 5. The molecule has 4 rings (SSSR count). The van der Waals surface area contributed by atoms with Crippen LogP contribution in [0.15, 0.2) is 23.2 Å². The van der Waals surface area contributed by atoms with Crippen molar-refractivity contribution in [1.29, 1.82) is 0 Å². The third-order valence-electron chi connectivity index (χ3n) is 5.79. The zero-order chi connectivity index (χ0) is 21.1. The Morgan fingerprint density at radius 2 is 1.75 bits per heavy atom. The number of anilines is 1. The van der Waals surface area contributed by atoms with Crippen LogP contribution in [-0.2, 0) is 0 Å². The Labute approximate surface area is 202 Å². The van der Waals surface area contributed by atoms with Gasteiger partial charge in [-0.05, 0) is 52.2 Å². The lowest BCUT2D eigenvalue weighted by molar-refractivity contribution is 0.0933. The lowest BCUT2D eigenvalue weighted by Crippen LogP contribution is -2.48. The molecule has 32 heavy (non-hydrogen) atoms. The molecule has 2 heterocycles. The molecular formula is C23H34Cl2N6O. The van der Waals surface area contributed by atoms with E-state index in [1.165, 1.54) is 12.8 Å². The minimum Gasteiger partial charge on any atom is -0.369 e. The van der Waals surface area contributed by atoms with E-state index >= 15 is 0 Å². The van der Waals surface area contributed by atoms with Crippen LogP contribution >= 0.6 is 24.8 Å². The van der Waals surface area contributed by atoms with Crippen molar-refractivity contribution >= 4 is 53.3 Å². The van der Waals surface area contributed by atoms with Gasteiger partial charge in [0.2, 0.25) is 5.82 Å². The average Bonchev–Trinajstić information content (AvgIpc) is 3.22. The van der Waals surface area contributed by atoms with Crippen molar-refractivity contribution in [1.82, 2.24) is 20.6 Å². The van der Waals surface area contributed by atoms with Gasteiger partial charge in [-0.25, -0.2) is 9.97 Å². The summed E-state index contributed by atoms with van der Waals surface area (Å²) in [4.78, 5) is 26.4. The van der Waals surface area contributed by atoms with Gasteiger partial charge in [0.25, 0.3) is 5.91 Å². The van der Waals surface area contributed by atoms with E-state index in [1.807, 2.05) is 26.0 Å². The molecule has 0 saturated heterocycles. The summed E-state index contributed by atoms with van der Waals surface area (Å²) in [5, 5.41) is 11.2. The monoisotopic (exact) mass is 480 g/mol. The van der Waals surface area contributed by atoms with E-state index < -0.39 is 0 Å². The van der Waals surface area contributed by atoms with Crippen molar-refractivity contribution in [3.63, 3.8) is 0 Å². The number of amides is 1. The van der Waals surface area contributed by atoms with Gasteiger partial charge in [0.1, 0.15) is 5.82 Å². The maximum atomic E-state index is 12.6. The summed E-state index contributed by atoms with van der Waals surface area (Å²) in [6.07, 6.45) is 6.75. The number of fused-ring (bicyclic) bond motifs is 1. The Morgan fingerprint density at radius 3 is 2.41 bits per heavy atom. The number of hydrogen-bond acceptors (Lipinski definition) is 6. The quantitative estimate of drug-likeness (QED) is 0.588. The molecule has 0 radical (unpaired) electrons. The zero-order valence-electron chi connectivity index (χ0n) is 19.0. The second kappa shape index (κ2) is 11.7. The molecule has 1 saturated carbocycles. The molecular weight excluding hydrogens is 447 g/mol. The molecule has 1 amide bonds. The Balaban J connectivity index is 0.00000181. The molecule has 0 unspecified atom stereocenters. The Kier molecular flexibility index (Phi) is 9.52. The molecule has 176 valence electrons. The highest BCUT2D eigenvalue weighted by atomic mass is 35.5. The van der Waals surface area contributed by atoms with Gasteiger partial charge >= 0.3 is 0 Å². The summed E-state index contributed by atoms with van der Waals surface area (Å²) < 4.78 is 0. The number of benzene rings is 1. The van der Waals surface area contributed by atoms with E-state index in [1.54, 1.807) is 0 Å². The van der Waals surface area contributed by atoms with Crippen LogP contribution in [0.1, 0.15) is 68.6 Å². The summed E-state index contributed by atoms with van der Waals surface area (Å²) in [7, 11) is 0. The van der Waals surface area contributed by atoms with Gasteiger partial charge in [0, 0.05) is 36.5 Å². The molecule has 1 aliphatic carbocycles. The fourth-order valence-electron chi connectivity index (χ4n) is 4.30. The topological polar surface area (TPSA) is 91.3 Å². The number of aliphatic imine (C=N–C) groups is 1. The van der Waals surface area contributed by atoms with Crippen LogP contribution in [0.5, 0.6) is 0 Å². The SMILES string of the molecule is Cc1ccc2nc(C(=O)NC(C)C)nc(N[C@H]3CCCC[C@H]3NC3=NCCC3)c2c1.Cl.Cl. The van der Waals surface area contributed by atoms with Gasteiger partial charge in [-0.15, -0.1) is 24.8 Å². The van der Waals surface area contributed by atoms with E-state index in [2.05, 4.69) is 43.9 Å². The Morgan fingerprint density at radius 1 is 1.03 bits per heavy atom. The van der Waals surface area contributed by atoms with E-state index in [0.29, 0.717) is 6.04 Å². The fourth-order valence-corrected chi connectivity index (χ4v) is 4.30. The molecule has 1 fully saturated rings. The molecule has 0 bridgehead atoms. The maximum absolute atomic E-state index is 12.6. The summed E-state index contributed by atoms with van der Waals surface area (Å²) >= 11 is 0. The van der Waals surface area contributed by atoms with Crippen LogP contribution in [0, 0.1) is 6.92 Å². The van der Waals surface area contributed by atoms with Crippen LogP contribution < -0.4 is 16.0 Å². The molecule has 3 N–H and O–H groups in total. The van der Waals surface area contributed by atoms with E-state index in [4.69, 9.17) is 0 Å². The molecule has 2 aliphatic rings. The lowest BCUT2D eigenvalue weighted by atomic mass is 9.90. The Bertz CT molecular complexity index is 965.